The standard InChI is InChI=1S/C19H22N4O5/c1-27-16-8-14(5-6-15(16)17-10-20-11-28-17)23-18(24)22-13-4-2-3-12(7-13)9-21-19(25)26/h2-5,7-8,11,15,17,21H,6,9-10H2,1H3,(H,25,26)(H2,22,23,24). The first-order chi connectivity index (χ1) is 13.5. The largest absolute Gasteiger partial charge is 0.501 e. The molecule has 1 aromatic carbocycles. The third-order valence-corrected chi connectivity index (χ3v) is 4.42. The van der Waals surface area contributed by atoms with E-state index in [4.69, 9.17) is 14.6 Å². The molecule has 28 heavy (non-hydrogen) atoms. The zero-order valence-corrected chi connectivity index (χ0v) is 15.3. The Labute approximate surface area is 162 Å². The second kappa shape index (κ2) is 8.94. The first-order valence-corrected chi connectivity index (χ1v) is 8.78. The van der Waals surface area contributed by atoms with E-state index in [-0.39, 0.29) is 18.6 Å². The molecule has 0 bridgehead atoms. The van der Waals surface area contributed by atoms with Gasteiger partial charge in [-0.1, -0.05) is 18.2 Å². The number of allylic oxidation sites excluding steroid dienone is 2. The summed E-state index contributed by atoms with van der Waals surface area (Å²) in [4.78, 5) is 27.0. The van der Waals surface area contributed by atoms with Gasteiger partial charge in [0.15, 0.2) is 6.40 Å². The van der Waals surface area contributed by atoms with E-state index in [1.807, 2.05) is 6.08 Å². The highest BCUT2D eigenvalue weighted by molar-refractivity contribution is 5.90. The second-order valence-electron chi connectivity index (χ2n) is 6.34. The van der Waals surface area contributed by atoms with Gasteiger partial charge in [0.2, 0.25) is 0 Å². The number of carbonyl (C=O) groups is 2. The molecule has 1 heterocycles. The predicted molar refractivity (Wildman–Crippen MR) is 103 cm³/mol. The highest BCUT2D eigenvalue weighted by atomic mass is 16.5. The fraction of sp³-hybridized carbons (Fsp3) is 0.316. The van der Waals surface area contributed by atoms with Crippen LogP contribution < -0.4 is 16.0 Å². The summed E-state index contributed by atoms with van der Waals surface area (Å²) in [5.74, 6) is 0.787. The van der Waals surface area contributed by atoms with Crippen molar-refractivity contribution in [2.24, 2.45) is 10.9 Å². The lowest BCUT2D eigenvalue weighted by Crippen LogP contribution is -2.32. The van der Waals surface area contributed by atoms with Crippen LogP contribution in [0.15, 0.2) is 52.9 Å². The lowest BCUT2D eigenvalue weighted by Gasteiger charge is -2.26. The van der Waals surface area contributed by atoms with Gasteiger partial charge in [-0.15, -0.1) is 0 Å². The van der Waals surface area contributed by atoms with E-state index in [2.05, 4.69) is 20.9 Å². The normalized spacial score (nSPS) is 20.5. The van der Waals surface area contributed by atoms with Crippen molar-refractivity contribution in [1.82, 2.24) is 10.6 Å². The quantitative estimate of drug-likeness (QED) is 0.598. The van der Waals surface area contributed by atoms with Crippen LogP contribution in [-0.4, -0.2) is 43.4 Å². The van der Waals surface area contributed by atoms with Crippen molar-refractivity contribution >= 4 is 24.2 Å². The summed E-state index contributed by atoms with van der Waals surface area (Å²) in [5, 5.41) is 16.5. The topological polar surface area (TPSA) is 121 Å². The molecule has 9 nitrogen and oxygen atoms in total. The van der Waals surface area contributed by atoms with Crippen LogP contribution in [0.3, 0.4) is 0 Å². The molecule has 2 unspecified atom stereocenters. The van der Waals surface area contributed by atoms with E-state index in [0.717, 1.165) is 11.3 Å². The summed E-state index contributed by atoms with van der Waals surface area (Å²) in [7, 11) is 1.59. The molecule has 148 valence electrons. The Morgan fingerprint density at radius 3 is 2.93 bits per heavy atom. The van der Waals surface area contributed by atoms with Crippen LogP contribution in [0.1, 0.15) is 12.0 Å². The summed E-state index contributed by atoms with van der Waals surface area (Å²) < 4.78 is 10.9. The van der Waals surface area contributed by atoms with Crippen LogP contribution in [0.4, 0.5) is 15.3 Å². The molecule has 1 aliphatic carbocycles. The maximum absolute atomic E-state index is 12.3. The number of hydrogen-bond donors (Lipinski definition) is 4. The SMILES string of the molecule is COC1=CC(NC(=O)Nc2cccc(CNC(=O)O)c2)=CCC1C1CN=CO1. The summed E-state index contributed by atoms with van der Waals surface area (Å²) in [6.07, 6.45) is 4.67. The van der Waals surface area contributed by atoms with Crippen molar-refractivity contribution < 1.29 is 24.2 Å². The van der Waals surface area contributed by atoms with Crippen molar-refractivity contribution in [2.75, 3.05) is 19.0 Å². The van der Waals surface area contributed by atoms with Crippen molar-refractivity contribution in [3.8, 4) is 0 Å². The number of urea groups is 1. The Kier molecular flexibility index (Phi) is 6.15. The number of nitrogens with one attached hydrogen (secondary N) is 3. The first kappa shape index (κ1) is 19.3. The average Bonchev–Trinajstić information content (AvgIpc) is 3.21. The first-order valence-electron chi connectivity index (χ1n) is 8.78. The molecule has 4 N–H and O–H groups in total. The van der Waals surface area contributed by atoms with Gasteiger partial charge >= 0.3 is 12.1 Å². The van der Waals surface area contributed by atoms with Gasteiger partial charge in [0.1, 0.15) is 11.9 Å². The number of ether oxygens (including phenoxy) is 2. The van der Waals surface area contributed by atoms with Crippen molar-refractivity contribution in [3.05, 3.63) is 53.4 Å². The van der Waals surface area contributed by atoms with E-state index < -0.39 is 12.1 Å². The fourth-order valence-corrected chi connectivity index (χ4v) is 3.09. The Hall–Kier alpha value is -3.49. The molecule has 0 spiro atoms. The van der Waals surface area contributed by atoms with E-state index in [9.17, 15) is 9.59 Å². The summed E-state index contributed by atoms with van der Waals surface area (Å²) in [6.45, 7) is 0.751. The van der Waals surface area contributed by atoms with Crippen LogP contribution in [0.25, 0.3) is 0 Å². The third-order valence-electron chi connectivity index (χ3n) is 4.42. The van der Waals surface area contributed by atoms with Crippen LogP contribution in [-0.2, 0) is 16.0 Å². The summed E-state index contributed by atoms with van der Waals surface area (Å²) in [6, 6.07) is 6.54. The van der Waals surface area contributed by atoms with Crippen molar-refractivity contribution in [3.63, 3.8) is 0 Å². The lowest BCUT2D eigenvalue weighted by atomic mass is 9.91. The lowest BCUT2D eigenvalue weighted by molar-refractivity contribution is 0.127. The molecule has 0 radical (unpaired) electrons. The van der Waals surface area contributed by atoms with Crippen LogP contribution in [0, 0.1) is 5.92 Å². The van der Waals surface area contributed by atoms with Crippen molar-refractivity contribution in [2.45, 2.75) is 19.1 Å². The number of benzene rings is 1. The smallest absolute Gasteiger partial charge is 0.404 e. The molecule has 0 saturated carbocycles. The van der Waals surface area contributed by atoms with Gasteiger partial charge in [0.05, 0.1) is 19.6 Å². The number of aliphatic imine (C=N–C) groups is 1. The monoisotopic (exact) mass is 386 g/mol. The van der Waals surface area contributed by atoms with Crippen LogP contribution in [0.5, 0.6) is 0 Å². The molecular weight excluding hydrogens is 364 g/mol. The van der Waals surface area contributed by atoms with Gasteiger partial charge in [-0.25, -0.2) is 9.59 Å². The number of carboxylic acid groups (broad SMARTS) is 1. The Balaban J connectivity index is 1.57. The molecule has 1 aromatic rings. The maximum atomic E-state index is 12.3. The Morgan fingerprint density at radius 2 is 2.21 bits per heavy atom. The molecule has 0 fully saturated rings. The van der Waals surface area contributed by atoms with Gasteiger partial charge in [-0.2, -0.15) is 0 Å². The number of methoxy groups -OCH3 is 1. The number of amides is 3. The number of nitrogens with zero attached hydrogens (tertiary/aromatic N) is 1. The molecule has 2 aliphatic rings. The minimum absolute atomic E-state index is 0.0551. The Bertz CT molecular complexity index is 825. The Morgan fingerprint density at radius 1 is 1.36 bits per heavy atom. The zero-order chi connectivity index (χ0) is 19.9. The van der Waals surface area contributed by atoms with E-state index in [0.29, 0.717) is 24.4 Å². The number of hydrogen-bond acceptors (Lipinski definition) is 5. The molecule has 0 aromatic heterocycles. The maximum Gasteiger partial charge on any atom is 0.404 e. The average molecular weight is 386 g/mol. The summed E-state index contributed by atoms with van der Waals surface area (Å²) >= 11 is 0. The van der Waals surface area contributed by atoms with Gasteiger partial charge < -0.3 is 30.5 Å². The van der Waals surface area contributed by atoms with Gasteiger partial charge in [-0.05, 0) is 30.2 Å². The third kappa shape index (κ3) is 5.03. The minimum atomic E-state index is -1.10. The fourth-order valence-electron chi connectivity index (χ4n) is 3.09. The second-order valence-corrected chi connectivity index (χ2v) is 6.34. The molecule has 1 aliphatic heterocycles. The van der Waals surface area contributed by atoms with Gasteiger partial charge in [-0.3, -0.25) is 4.99 Å². The zero-order valence-electron chi connectivity index (χ0n) is 15.3. The predicted octanol–water partition coefficient (Wildman–Crippen LogP) is 2.44. The van der Waals surface area contributed by atoms with E-state index in [1.54, 1.807) is 37.5 Å². The van der Waals surface area contributed by atoms with Crippen molar-refractivity contribution in [1.29, 1.82) is 0 Å². The minimum Gasteiger partial charge on any atom is -0.501 e. The van der Waals surface area contributed by atoms with E-state index in [1.165, 1.54) is 6.40 Å². The molecule has 2 atom stereocenters. The molecular formula is C19H22N4O5. The highest BCUT2D eigenvalue weighted by Gasteiger charge is 2.30. The number of carbonyl (C=O) groups excluding carboxylic acids is 1. The highest BCUT2D eigenvalue weighted by Crippen LogP contribution is 2.29. The van der Waals surface area contributed by atoms with Crippen LogP contribution >= 0.6 is 0 Å². The molecule has 0 saturated heterocycles. The molecule has 9 heteroatoms. The molecule has 3 amide bonds. The number of rotatable bonds is 6. The van der Waals surface area contributed by atoms with Gasteiger partial charge in [0, 0.05) is 17.9 Å². The molecule has 3 rings (SSSR count). The van der Waals surface area contributed by atoms with Gasteiger partial charge in [0.25, 0.3) is 0 Å². The van der Waals surface area contributed by atoms with E-state index >= 15 is 0 Å². The number of anilines is 1. The summed E-state index contributed by atoms with van der Waals surface area (Å²) in [5.41, 5.74) is 1.93. The van der Waals surface area contributed by atoms with Crippen LogP contribution in [0.2, 0.25) is 0 Å².